The molecule has 1 rings (SSSR count). The number of aliphatic carboxylic acids is 1. The van der Waals surface area contributed by atoms with Crippen LogP contribution in [-0.4, -0.2) is 16.2 Å². The number of carboxylic acid groups (broad SMARTS) is 1. The third kappa shape index (κ3) is 2.47. The Morgan fingerprint density at radius 2 is 2.21 bits per heavy atom. The Balaban J connectivity index is 2.85. The Kier molecular flexibility index (Phi) is 3.09. The van der Waals surface area contributed by atoms with Gasteiger partial charge in [-0.1, -0.05) is 12.1 Å². The molecule has 76 valence electrons. The zero-order chi connectivity index (χ0) is 10.7. The first-order chi connectivity index (χ1) is 6.50. The summed E-state index contributed by atoms with van der Waals surface area (Å²) in [6.07, 6.45) is -0.107. The second-order valence-electron chi connectivity index (χ2n) is 3.25. The minimum absolute atomic E-state index is 0.107. The van der Waals surface area contributed by atoms with E-state index in [1.165, 1.54) is 6.07 Å². The molecule has 0 saturated carbocycles. The predicted octanol–water partition coefficient (Wildman–Crippen LogP) is 1.18. The van der Waals surface area contributed by atoms with Gasteiger partial charge in [-0.2, -0.15) is 0 Å². The molecule has 4 heteroatoms. The molecule has 0 fully saturated rings. The van der Waals surface area contributed by atoms with Crippen LogP contribution >= 0.6 is 0 Å². The van der Waals surface area contributed by atoms with E-state index in [0.717, 1.165) is 5.56 Å². The van der Waals surface area contributed by atoms with Crippen LogP contribution in [0.25, 0.3) is 0 Å². The molecule has 4 nitrogen and oxygen atoms in total. The fourth-order valence-electron chi connectivity index (χ4n) is 1.22. The summed E-state index contributed by atoms with van der Waals surface area (Å²) in [5, 5.41) is 17.8. The first kappa shape index (κ1) is 10.5. The maximum Gasteiger partial charge on any atom is 0.305 e. The quantitative estimate of drug-likeness (QED) is 0.676. The highest BCUT2D eigenvalue weighted by molar-refractivity contribution is 5.67. The lowest BCUT2D eigenvalue weighted by atomic mass is 10.0. The number of benzene rings is 1. The van der Waals surface area contributed by atoms with Gasteiger partial charge in [0.05, 0.1) is 6.42 Å². The fourth-order valence-corrected chi connectivity index (χ4v) is 1.22. The van der Waals surface area contributed by atoms with Crippen LogP contribution in [0.3, 0.4) is 0 Å². The van der Waals surface area contributed by atoms with Gasteiger partial charge in [0.15, 0.2) is 0 Å². The van der Waals surface area contributed by atoms with Crippen molar-refractivity contribution < 1.29 is 15.0 Å². The number of aromatic hydroxyl groups is 1. The summed E-state index contributed by atoms with van der Waals surface area (Å²) in [6.45, 7) is 1.74. The van der Waals surface area contributed by atoms with Gasteiger partial charge in [0.1, 0.15) is 5.75 Å². The van der Waals surface area contributed by atoms with Crippen LogP contribution in [0, 0.1) is 6.92 Å². The molecule has 0 radical (unpaired) electrons. The average Bonchev–Trinajstić information content (AvgIpc) is 2.08. The molecule has 0 heterocycles. The molecule has 0 aliphatic heterocycles. The van der Waals surface area contributed by atoms with Crippen molar-refractivity contribution in [3.8, 4) is 5.75 Å². The molecule has 0 aliphatic carbocycles. The van der Waals surface area contributed by atoms with Gasteiger partial charge in [0.2, 0.25) is 0 Å². The van der Waals surface area contributed by atoms with E-state index in [0.29, 0.717) is 5.56 Å². The van der Waals surface area contributed by atoms with Crippen LogP contribution in [0.4, 0.5) is 0 Å². The van der Waals surface area contributed by atoms with E-state index in [1.54, 1.807) is 19.1 Å². The standard InChI is InChI=1S/C10H13NO3/c1-6-4-7(2-3-9(6)12)8(11)5-10(13)14/h2-4,8,12H,5,11H2,1H3,(H,13,14)/t8-/m1/s1. The van der Waals surface area contributed by atoms with Crippen molar-refractivity contribution >= 4 is 5.97 Å². The minimum atomic E-state index is -0.928. The Hall–Kier alpha value is -1.55. The zero-order valence-corrected chi connectivity index (χ0v) is 7.90. The van der Waals surface area contributed by atoms with Gasteiger partial charge < -0.3 is 15.9 Å². The molecule has 0 saturated heterocycles. The normalized spacial score (nSPS) is 12.4. The number of rotatable bonds is 3. The summed E-state index contributed by atoms with van der Waals surface area (Å²) < 4.78 is 0. The lowest BCUT2D eigenvalue weighted by molar-refractivity contribution is -0.137. The number of phenolic OH excluding ortho intramolecular Hbond substituents is 1. The van der Waals surface area contributed by atoms with E-state index in [4.69, 9.17) is 10.8 Å². The Morgan fingerprint density at radius 3 is 2.71 bits per heavy atom. The van der Waals surface area contributed by atoms with E-state index in [2.05, 4.69) is 0 Å². The number of hydrogen-bond acceptors (Lipinski definition) is 3. The monoisotopic (exact) mass is 195 g/mol. The molecule has 0 aliphatic rings. The SMILES string of the molecule is Cc1cc([C@H](N)CC(=O)O)ccc1O. The lowest BCUT2D eigenvalue weighted by Gasteiger charge is -2.10. The highest BCUT2D eigenvalue weighted by atomic mass is 16.4. The lowest BCUT2D eigenvalue weighted by Crippen LogP contribution is -2.14. The highest BCUT2D eigenvalue weighted by Crippen LogP contribution is 2.21. The van der Waals surface area contributed by atoms with Gasteiger partial charge in [0, 0.05) is 6.04 Å². The van der Waals surface area contributed by atoms with Gasteiger partial charge in [0.25, 0.3) is 0 Å². The molecular weight excluding hydrogens is 182 g/mol. The maximum atomic E-state index is 10.4. The summed E-state index contributed by atoms with van der Waals surface area (Å²) in [4.78, 5) is 10.4. The van der Waals surface area contributed by atoms with Crippen molar-refractivity contribution in [3.05, 3.63) is 29.3 Å². The third-order valence-corrected chi connectivity index (χ3v) is 2.04. The molecule has 0 aromatic heterocycles. The molecule has 14 heavy (non-hydrogen) atoms. The van der Waals surface area contributed by atoms with E-state index in [9.17, 15) is 9.90 Å². The van der Waals surface area contributed by atoms with Gasteiger partial charge in [-0.05, 0) is 24.1 Å². The van der Waals surface area contributed by atoms with Crippen molar-refractivity contribution in [2.45, 2.75) is 19.4 Å². The van der Waals surface area contributed by atoms with Crippen molar-refractivity contribution in [2.75, 3.05) is 0 Å². The molecule has 0 spiro atoms. The summed E-state index contributed by atoms with van der Waals surface area (Å²) in [5.74, 6) is -0.737. The van der Waals surface area contributed by atoms with Gasteiger partial charge in [-0.3, -0.25) is 4.79 Å². The van der Waals surface area contributed by atoms with Crippen LogP contribution < -0.4 is 5.73 Å². The Bertz CT molecular complexity index is 349. The number of nitrogens with two attached hydrogens (primary N) is 1. The Morgan fingerprint density at radius 1 is 1.57 bits per heavy atom. The van der Waals surface area contributed by atoms with E-state index >= 15 is 0 Å². The summed E-state index contributed by atoms with van der Waals surface area (Å²) in [7, 11) is 0. The number of phenols is 1. The largest absolute Gasteiger partial charge is 0.508 e. The van der Waals surface area contributed by atoms with E-state index in [-0.39, 0.29) is 12.2 Å². The third-order valence-electron chi connectivity index (χ3n) is 2.04. The number of hydrogen-bond donors (Lipinski definition) is 3. The molecule has 0 unspecified atom stereocenters. The van der Waals surface area contributed by atoms with Gasteiger partial charge in [-0.25, -0.2) is 0 Å². The van der Waals surface area contributed by atoms with Gasteiger partial charge in [-0.15, -0.1) is 0 Å². The number of aryl methyl sites for hydroxylation is 1. The van der Waals surface area contributed by atoms with Crippen LogP contribution in [0.15, 0.2) is 18.2 Å². The highest BCUT2D eigenvalue weighted by Gasteiger charge is 2.11. The number of carbonyl (C=O) groups is 1. The van der Waals surface area contributed by atoms with Crippen molar-refractivity contribution in [2.24, 2.45) is 5.73 Å². The number of carboxylic acids is 1. The maximum absolute atomic E-state index is 10.4. The topological polar surface area (TPSA) is 83.6 Å². The fraction of sp³-hybridized carbons (Fsp3) is 0.300. The first-order valence-electron chi connectivity index (χ1n) is 4.27. The van der Waals surface area contributed by atoms with Crippen molar-refractivity contribution in [3.63, 3.8) is 0 Å². The Labute approximate surface area is 82.0 Å². The summed E-state index contributed by atoms with van der Waals surface area (Å²) in [6, 6.07) is 4.33. The van der Waals surface area contributed by atoms with Gasteiger partial charge >= 0.3 is 5.97 Å². The van der Waals surface area contributed by atoms with E-state index in [1.807, 2.05) is 0 Å². The van der Waals surface area contributed by atoms with Crippen LogP contribution in [0.5, 0.6) is 5.75 Å². The molecule has 0 bridgehead atoms. The van der Waals surface area contributed by atoms with Crippen LogP contribution in [0.2, 0.25) is 0 Å². The minimum Gasteiger partial charge on any atom is -0.508 e. The van der Waals surface area contributed by atoms with Crippen molar-refractivity contribution in [1.29, 1.82) is 0 Å². The smallest absolute Gasteiger partial charge is 0.305 e. The molecule has 1 aromatic rings. The average molecular weight is 195 g/mol. The predicted molar refractivity (Wildman–Crippen MR) is 52.0 cm³/mol. The second kappa shape index (κ2) is 4.11. The molecular formula is C10H13NO3. The molecule has 4 N–H and O–H groups in total. The summed E-state index contributed by atoms with van der Waals surface area (Å²) in [5.41, 5.74) is 7.07. The molecule has 1 aromatic carbocycles. The van der Waals surface area contributed by atoms with E-state index < -0.39 is 12.0 Å². The molecule has 1 atom stereocenters. The zero-order valence-electron chi connectivity index (χ0n) is 7.90. The van der Waals surface area contributed by atoms with Crippen LogP contribution in [0.1, 0.15) is 23.6 Å². The van der Waals surface area contributed by atoms with Crippen LogP contribution in [-0.2, 0) is 4.79 Å². The second-order valence-corrected chi connectivity index (χ2v) is 3.25. The summed E-state index contributed by atoms with van der Waals surface area (Å²) >= 11 is 0. The van der Waals surface area contributed by atoms with Crippen molar-refractivity contribution in [1.82, 2.24) is 0 Å². The molecule has 0 amide bonds. The first-order valence-corrected chi connectivity index (χ1v) is 4.27.